The molecule has 0 saturated carbocycles. The first-order chi connectivity index (χ1) is 8.67. The molecule has 0 aromatic heterocycles. The number of hydrogen-bond donors (Lipinski definition) is 2. The van der Waals surface area contributed by atoms with Crippen LogP contribution >= 0.6 is 0 Å². The lowest BCUT2D eigenvalue weighted by molar-refractivity contribution is -0.141. The molecular weight excluding hydrogens is 265 g/mol. The predicted molar refractivity (Wildman–Crippen MR) is 62.7 cm³/mol. The monoisotopic (exact) mass is 284 g/mol. The predicted octanol–water partition coefficient (Wildman–Crippen LogP) is 2.08. The molecule has 0 rings (SSSR count). The second-order valence-electron chi connectivity index (χ2n) is 4.23. The van der Waals surface area contributed by atoms with Crippen LogP contribution in [0.2, 0.25) is 0 Å². The molecule has 1 atom stereocenters. The van der Waals surface area contributed by atoms with E-state index in [2.05, 4.69) is 5.32 Å². The Bertz CT molecular complexity index is 308. The van der Waals surface area contributed by atoms with Gasteiger partial charge < -0.3 is 15.3 Å². The highest BCUT2D eigenvalue weighted by atomic mass is 19.4. The van der Waals surface area contributed by atoms with E-state index in [-0.39, 0.29) is 19.5 Å². The van der Waals surface area contributed by atoms with Crippen molar-refractivity contribution in [3.8, 4) is 0 Å². The molecule has 0 aliphatic carbocycles. The largest absolute Gasteiger partial charge is 0.481 e. The van der Waals surface area contributed by atoms with Crippen LogP contribution in [0.15, 0.2) is 0 Å². The second kappa shape index (κ2) is 7.85. The van der Waals surface area contributed by atoms with Gasteiger partial charge in [-0.1, -0.05) is 6.92 Å². The number of nitrogens with zero attached hydrogens (tertiary/aromatic N) is 1. The number of aliphatic carboxylic acids is 1. The van der Waals surface area contributed by atoms with Gasteiger partial charge in [-0.3, -0.25) is 4.79 Å². The first-order valence-electron chi connectivity index (χ1n) is 5.99. The van der Waals surface area contributed by atoms with E-state index in [1.807, 2.05) is 0 Å². The van der Waals surface area contributed by atoms with E-state index in [0.29, 0.717) is 6.54 Å². The zero-order valence-corrected chi connectivity index (χ0v) is 11.0. The maximum Gasteiger partial charge on any atom is 0.389 e. The van der Waals surface area contributed by atoms with E-state index >= 15 is 0 Å². The van der Waals surface area contributed by atoms with Crippen LogP contribution in [-0.2, 0) is 4.79 Å². The van der Waals surface area contributed by atoms with Crippen molar-refractivity contribution in [3.63, 3.8) is 0 Å². The van der Waals surface area contributed by atoms with E-state index in [0.717, 1.165) is 0 Å². The molecule has 0 saturated heterocycles. The number of urea groups is 1. The second-order valence-corrected chi connectivity index (χ2v) is 4.23. The number of rotatable bonds is 7. The minimum atomic E-state index is -4.23. The maximum absolute atomic E-state index is 11.9. The Balaban J connectivity index is 4.05. The van der Waals surface area contributed by atoms with Crippen molar-refractivity contribution in [2.75, 3.05) is 19.6 Å². The molecule has 5 nitrogen and oxygen atoms in total. The van der Waals surface area contributed by atoms with Gasteiger partial charge in [-0.2, -0.15) is 13.2 Å². The van der Waals surface area contributed by atoms with Crippen LogP contribution in [0.4, 0.5) is 18.0 Å². The van der Waals surface area contributed by atoms with Gasteiger partial charge in [0, 0.05) is 26.1 Å². The standard InChI is InChI=1S/C11H19F3N2O3/c1-3-16(7-8(2)9(17)18)10(19)15-6-4-5-11(12,13)14/h8H,3-7H2,1-2H3,(H,15,19)(H,17,18). The van der Waals surface area contributed by atoms with E-state index < -0.39 is 30.5 Å². The molecule has 0 fully saturated rings. The quantitative estimate of drug-likeness (QED) is 0.703. The highest BCUT2D eigenvalue weighted by molar-refractivity contribution is 5.75. The lowest BCUT2D eigenvalue weighted by Crippen LogP contribution is -2.43. The smallest absolute Gasteiger partial charge is 0.389 e. The molecule has 0 aliphatic heterocycles. The summed E-state index contributed by atoms with van der Waals surface area (Å²) in [5, 5.41) is 11.1. The SMILES string of the molecule is CCN(CC(C)C(=O)O)C(=O)NCCCC(F)(F)F. The van der Waals surface area contributed by atoms with Crippen molar-refractivity contribution in [3.05, 3.63) is 0 Å². The molecule has 0 aromatic rings. The van der Waals surface area contributed by atoms with E-state index in [4.69, 9.17) is 5.11 Å². The molecule has 0 spiro atoms. The summed E-state index contributed by atoms with van der Waals surface area (Å²) in [5.41, 5.74) is 0. The van der Waals surface area contributed by atoms with Gasteiger partial charge >= 0.3 is 18.2 Å². The van der Waals surface area contributed by atoms with E-state index in [9.17, 15) is 22.8 Å². The molecule has 2 N–H and O–H groups in total. The number of nitrogens with one attached hydrogen (secondary N) is 1. The Morgan fingerprint density at radius 3 is 2.37 bits per heavy atom. The fourth-order valence-corrected chi connectivity index (χ4v) is 1.36. The van der Waals surface area contributed by atoms with Crippen LogP contribution in [0.1, 0.15) is 26.7 Å². The summed E-state index contributed by atoms with van der Waals surface area (Å²) < 4.78 is 35.6. The number of halogens is 3. The van der Waals surface area contributed by atoms with Crippen molar-refractivity contribution < 1.29 is 27.9 Å². The van der Waals surface area contributed by atoms with Crippen LogP contribution in [-0.4, -0.2) is 47.8 Å². The third-order valence-electron chi connectivity index (χ3n) is 2.50. The first kappa shape index (κ1) is 17.5. The number of alkyl halides is 3. The Hall–Kier alpha value is -1.47. The van der Waals surface area contributed by atoms with Gasteiger partial charge in [0.25, 0.3) is 0 Å². The Morgan fingerprint density at radius 1 is 1.37 bits per heavy atom. The highest BCUT2D eigenvalue weighted by Gasteiger charge is 2.26. The third-order valence-corrected chi connectivity index (χ3v) is 2.50. The molecule has 0 bridgehead atoms. The third kappa shape index (κ3) is 8.28. The molecule has 1 unspecified atom stereocenters. The van der Waals surface area contributed by atoms with Crippen LogP contribution < -0.4 is 5.32 Å². The van der Waals surface area contributed by atoms with Crippen molar-refractivity contribution in [2.45, 2.75) is 32.9 Å². The van der Waals surface area contributed by atoms with E-state index in [1.54, 1.807) is 6.92 Å². The summed E-state index contributed by atoms with van der Waals surface area (Å²) in [6.07, 6.45) is -5.38. The molecule has 8 heteroatoms. The summed E-state index contributed by atoms with van der Waals surface area (Å²) in [6.45, 7) is 3.36. The van der Waals surface area contributed by atoms with Crippen molar-refractivity contribution in [1.82, 2.24) is 10.2 Å². The summed E-state index contributed by atoms with van der Waals surface area (Å²) in [7, 11) is 0. The molecule has 0 aromatic carbocycles. The highest BCUT2D eigenvalue weighted by Crippen LogP contribution is 2.20. The zero-order valence-electron chi connectivity index (χ0n) is 11.0. The molecule has 2 amide bonds. The Labute approximate surface area is 109 Å². The van der Waals surface area contributed by atoms with Crippen LogP contribution in [0.5, 0.6) is 0 Å². The van der Waals surface area contributed by atoms with Gasteiger partial charge in [0.05, 0.1) is 5.92 Å². The van der Waals surface area contributed by atoms with Crippen LogP contribution in [0.3, 0.4) is 0 Å². The Kier molecular flexibility index (Phi) is 7.25. The molecular formula is C11H19F3N2O3. The number of carbonyl (C=O) groups is 2. The van der Waals surface area contributed by atoms with Gasteiger partial charge in [-0.25, -0.2) is 4.79 Å². The molecule has 19 heavy (non-hydrogen) atoms. The normalized spacial score (nSPS) is 12.9. The topological polar surface area (TPSA) is 69.6 Å². The number of carbonyl (C=O) groups excluding carboxylic acids is 1. The molecule has 112 valence electrons. The van der Waals surface area contributed by atoms with Crippen molar-refractivity contribution in [2.24, 2.45) is 5.92 Å². The zero-order chi connectivity index (χ0) is 15.1. The maximum atomic E-state index is 11.9. The summed E-state index contributed by atoms with van der Waals surface area (Å²) >= 11 is 0. The molecule has 0 heterocycles. The number of carboxylic acids is 1. The minimum Gasteiger partial charge on any atom is -0.481 e. The van der Waals surface area contributed by atoms with Gasteiger partial charge in [-0.15, -0.1) is 0 Å². The lowest BCUT2D eigenvalue weighted by atomic mass is 10.2. The van der Waals surface area contributed by atoms with Gasteiger partial charge in [0.15, 0.2) is 0 Å². The number of carboxylic acid groups (broad SMARTS) is 1. The fourth-order valence-electron chi connectivity index (χ4n) is 1.36. The summed E-state index contributed by atoms with van der Waals surface area (Å²) in [6, 6.07) is -0.544. The fraction of sp³-hybridized carbons (Fsp3) is 0.818. The lowest BCUT2D eigenvalue weighted by Gasteiger charge is -2.23. The molecule has 0 radical (unpaired) electrons. The summed E-state index contributed by atoms with van der Waals surface area (Å²) in [5.74, 6) is -1.75. The molecule has 0 aliphatic rings. The van der Waals surface area contributed by atoms with E-state index in [1.165, 1.54) is 11.8 Å². The van der Waals surface area contributed by atoms with Crippen LogP contribution in [0, 0.1) is 5.92 Å². The van der Waals surface area contributed by atoms with Gasteiger partial charge in [-0.05, 0) is 13.3 Å². The van der Waals surface area contributed by atoms with Gasteiger partial charge in [0.1, 0.15) is 0 Å². The Morgan fingerprint density at radius 2 is 1.95 bits per heavy atom. The first-order valence-corrected chi connectivity index (χ1v) is 5.99. The van der Waals surface area contributed by atoms with Crippen molar-refractivity contribution in [1.29, 1.82) is 0 Å². The number of hydrogen-bond acceptors (Lipinski definition) is 2. The van der Waals surface area contributed by atoms with Crippen molar-refractivity contribution >= 4 is 12.0 Å². The average molecular weight is 284 g/mol. The average Bonchev–Trinajstić information content (AvgIpc) is 2.29. The van der Waals surface area contributed by atoms with Crippen LogP contribution in [0.25, 0.3) is 0 Å². The minimum absolute atomic E-state index is 0.0247. The van der Waals surface area contributed by atoms with Gasteiger partial charge in [0.2, 0.25) is 0 Å². The summed E-state index contributed by atoms with van der Waals surface area (Å²) in [4.78, 5) is 23.5. The number of amides is 2.